The number of hydrogen-bond donors (Lipinski definition) is 0. The van der Waals surface area contributed by atoms with Crippen molar-refractivity contribution in [2.45, 2.75) is 25.6 Å². The Labute approximate surface area is 125 Å². The first-order valence-electron chi connectivity index (χ1n) is 5.56. The van der Waals surface area contributed by atoms with E-state index >= 15 is 0 Å². The fourth-order valence-corrected chi connectivity index (χ4v) is 1.98. The monoisotopic (exact) mass is 376 g/mol. The predicted octanol–water partition coefficient (Wildman–Crippen LogP) is 4.58. The molecule has 0 aliphatic carbocycles. The number of methoxy groups -OCH3 is 1. The lowest BCUT2D eigenvalue weighted by molar-refractivity contribution is -0.133. The van der Waals surface area contributed by atoms with Crippen LogP contribution in [0.4, 0.5) is 22.0 Å². The van der Waals surface area contributed by atoms with E-state index in [0.717, 1.165) is 13.2 Å². The molecule has 118 valence electrons. The van der Waals surface area contributed by atoms with Crippen LogP contribution in [0.25, 0.3) is 0 Å². The van der Waals surface area contributed by atoms with Gasteiger partial charge < -0.3 is 9.47 Å². The van der Waals surface area contributed by atoms with Crippen LogP contribution in [-0.4, -0.2) is 25.7 Å². The van der Waals surface area contributed by atoms with Gasteiger partial charge in [-0.2, -0.15) is 22.0 Å². The van der Waals surface area contributed by atoms with Gasteiger partial charge in [0.15, 0.2) is 5.78 Å². The summed E-state index contributed by atoms with van der Waals surface area (Å²) in [5.41, 5.74) is -0.440. The molecule has 0 aromatic heterocycles. The minimum atomic E-state index is -4.53. The van der Waals surface area contributed by atoms with E-state index in [4.69, 9.17) is 4.74 Å². The zero-order valence-electron chi connectivity index (χ0n) is 10.6. The Morgan fingerprint density at radius 2 is 1.86 bits per heavy atom. The number of Topliss-reactive ketones (excluding diaryl/α,β-unsaturated/α-hetero) is 1. The Hall–Kier alpha value is -1.38. The predicted molar refractivity (Wildman–Crippen MR) is 66.9 cm³/mol. The molecule has 1 aromatic rings. The Morgan fingerprint density at radius 1 is 1.29 bits per heavy atom. The van der Waals surface area contributed by atoms with E-state index in [9.17, 15) is 26.7 Å². The normalized spacial score (nSPS) is 11.6. The lowest BCUT2D eigenvalue weighted by atomic mass is 10.0. The molecule has 1 rings (SSSR count). The third-order valence-corrected chi connectivity index (χ3v) is 2.84. The van der Waals surface area contributed by atoms with Crippen LogP contribution in [0.1, 0.15) is 23.2 Å². The molecule has 0 heterocycles. The molecule has 0 spiro atoms. The molecule has 9 heteroatoms. The van der Waals surface area contributed by atoms with Crippen molar-refractivity contribution < 1.29 is 36.2 Å². The summed E-state index contributed by atoms with van der Waals surface area (Å²) in [6, 6.07) is 2.34. The third-order valence-electron chi connectivity index (χ3n) is 2.38. The maximum Gasteiger partial charge on any atom is 0.389 e. The fourth-order valence-electron chi connectivity index (χ4n) is 1.56. The topological polar surface area (TPSA) is 35.5 Å². The molecule has 0 saturated carbocycles. The molecule has 0 saturated heterocycles. The molecule has 0 fully saturated rings. The van der Waals surface area contributed by atoms with Crippen LogP contribution in [0.15, 0.2) is 16.6 Å². The second kappa shape index (κ2) is 7.06. The summed E-state index contributed by atoms with van der Waals surface area (Å²) in [6.45, 7) is -3.22. The summed E-state index contributed by atoms with van der Waals surface area (Å²) in [4.78, 5) is 11.9. The van der Waals surface area contributed by atoms with Gasteiger partial charge in [0, 0.05) is 10.9 Å². The average Bonchev–Trinajstić information content (AvgIpc) is 2.33. The van der Waals surface area contributed by atoms with E-state index < -0.39 is 42.7 Å². The molecule has 0 radical (unpaired) electrons. The molecule has 0 aliphatic rings. The standard InChI is InChI=1S/C12H10BrF5O3/c1-20-8-4-6(13)5-9(21-11(14)15)10(8)7(19)2-3-12(16,17)18/h4-5,11H,2-3H2,1H3. The number of alkyl halides is 5. The zero-order valence-corrected chi connectivity index (χ0v) is 12.2. The molecular formula is C12H10BrF5O3. The van der Waals surface area contributed by atoms with Gasteiger partial charge in [0.2, 0.25) is 0 Å². The molecule has 1 aromatic carbocycles. The summed E-state index contributed by atoms with van der Waals surface area (Å²) >= 11 is 3.00. The number of carbonyl (C=O) groups is 1. The molecule has 0 bridgehead atoms. The Morgan fingerprint density at radius 3 is 2.33 bits per heavy atom. The highest BCUT2D eigenvalue weighted by molar-refractivity contribution is 9.10. The summed E-state index contributed by atoms with van der Waals surface area (Å²) in [6.07, 6.45) is -6.78. The van der Waals surface area contributed by atoms with Gasteiger partial charge in [0.1, 0.15) is 17.1 Å². The second-order valence-electron chi connectivity index (χ2n) is 3.90. The third kappa shape index (κ3) is 5.49. The van der Waals surface area contributed by atoms with Crippen LogP contribution < -0.4 is 9.47 Å². The first-order chi connectivity index (χ1) is 9.64. The number of benzene rings is 1. The van der Waals surface area contributed by atoms with Gasteiger partial charge in [0.05, 0.1) is 13.5 Å². The van der Waals surface area contributed by atoms with Crippen LogP contribution in [-0.2, 0) is 0 Å². The van der Waals surface area contributed by atoms with Gasteiger partial charge in [-0.15, -0.1) is 0 Å². The van der Waals surface area contributed by atoms with Crippen molar-refractivity contribution in [1.29, 1.82) is 0 Å². The van der Waals surface area contributed by atoms with E-state index in [1.807, 2.05) is 0 Å². The molecule has 0 aliphatic heterocycles. The number of halogens is 6. The fraction of sp³-hybridized carbons (Fsp3) is 0.417. The van der Waals surface area contributed by atoms with Gasteiger partial charge in [0.25, 0.3) is 0 Å². The Bertz CT molecular complexity index is 516. The zero-order chi connectivity index (χ0) is 16.2. The largest absolute Gasteiger partial charge is 0.496 e. The van der Waals surface area contributed by atoms with E-state index in [-0.39, 0.29) is 10.2 Å². The van der Waals surface area contributed by atoms with Crippen LogP contribution in [0.5, 0.6) is 11.5 Å². The highest BCUT2D eigenvalue weighted by Crippen LogP contribution is 2.36. The highest BCUT2D eigenvalue weighted by Gasteiger charge is 2.30. The first kappa shape index (κ1) is 17.7. The molecule has 3 nitrogen and oxygen atoms in total. The quantitative estimate of drug-likeness (QED) is 0.538. The Balaban J connectivity index is 3.15. The van der Waals surface area contributed by atoms with Crippen LogP contribution in [0, 0.1) is 0 Å². The van der Waals surface area contributed by atoms with Gasteiger partial charge >= 0.3 is 12.8 Å². The molecule has 21 heavy (non-hydrogen) atoms. The van der Waals surface area contributed by atoms with Crippen molar-refractivity contribution in [3.05, 3.63) is 22.2 Å². The van der Waals surface area contributed by atoms with Crippen molar-refractivity contribution in [2.24, 2.45) is 0 Å². The molecule has 0 unspecified atom stereocenters. The second-order valence-corrected chi connectivity index (χ2v) is 4.81. The van der Waals surface area contributed by atoms with Crippen molar-refractivity contribution in [2.75, 3.05) is 7.11 Å². The highest BCUT2D eigenvalue weighted by atomic mass is 79.9. The van der Waals surface area contributed by atoms with E-state index in [0.29, 0.717) is 0 Å². The smallest absolute Gasteiger partial charge is 0.389 e. The maximum absolute atomic E-state index is 12.3. The molecule has 0 amide bonds. The lowest BCUT2D eigenvalue weighted by Crippen LogP contribution is -2.14. The SMILES string of the molecule is COc1cc(Br)cc(OC(F)F)c1C(=O)CCC(F)(F)F. The number of rotatable bonds is 6. The maximum atomic E-state index is 12.3. The molecular weight excluding hydrogens is 367 g/mol. The van der Waals surface area contributed by atoms with Crippen molar-refractivity contribution >= 4 is 21.7 Å². The molecule has 0 N–H and O–H groups in total. The summed E-state index contributed by atoms with van der Waals surface area (Å²) in [5, 5.41) is 0. The first-order valence-corrected chi connectivity index (χ1v) is 6.35. The van der Waals surface area contributed by atoms with Crippen LogP contribution >= 0.6 is 15.9 Å². The van der Waals surface area contributed by atoms with Crippen molar-refractivity contribution in [3.63, 3.8) is 0 Å². The van der Waals surface area contributed by atoms with Gasteiger partial charge in [-0.1, -0.05) is 15.9 Å². The van der Waals surface area contributed by atoms with E-state index in [1.54, 1.807) is 0 Å². The number of carbonyl (C=O) groups excluding carboxylic acids is 1. The lowest BCUT2D eigenvalue weighted by Gasteiger charge is -2.15. The van der Waals surface area contributed by atoms with Crippen molar-refractivity contribution in [3.8, 4) is 11.5 Å². The van der Waals surface area contributed by atoms with E-state index in [1.165, 1.54) is 6.07 Å². The minimum Gasteiger partial charge on any atom is -0.496 e. The summed E-state index contributed by atoms with van der Waals surface area (Å²) in [7, 11) is 1.16. The van der Waals surface area contributed by atoms with Gasteiger partial charge in [-0.05, 0) is 12.1 Å². The number of ketones is 1. The van der Waals surface area contributed by atoms with E-state index in [2.05, 4.69) is 20.7 Å². The van der Waals surface area contributed by atoms with Crippen molar-refractivity contribution in [1.82, 2.24) is 0 Å². The summed E-state index contributed by atoms with van der Waals surface area (Å²) in [5.74, 6) is -1.68. The Kier molecular flexibility index (Phi) is 5.94. The van der Waals surface area contributed by atoms with Crippen LogP contribution in [0.2, 0.25) is 0 Å². The van der Waals surface area contributed by atoms with Crippen LogP contribution in [0.3, 0.4) is 0 Å². The molecule has 0 atom stereocenters. The minimum absolute atomic E-state index is 0.146. The summed E-state index contributed by atoms with van der Waals surface area (Å²) < 4.78 is 70.4. The van der Waals surface area contributed by atoms with Gasteiger partial charge in [-0.3, -0.25) is 4.79 Å². The van der Waals surface area contributed by atoms with Gasteiger partial charge in [-0.25, -0.2) is 0 Å². The number of ether oxygens (including phenoxy) is 2. The number of hydrogen-bond acceptors (Lipinski definition) is 3. The average molecular weight is 377 g/mol.